The molecular weight excluding hydrogens is 290 g/mol. The van der Waals surface area contributed by atoms with Crippen molar-refractivity contribution in [1.82, 2.24) is 10.6 Å². The van der Waals surface area contributed by atoms with Crippen LogP contribution in [0.15, 0.2) is 30.3 Å². The van der Waals surface area contributed by atoms with Gasteiger partial charge in [-0.05, 0) is 5.56 Å². The third-order valence-corrected chi connectivity index (χ3v) is 3.18. The van der Waals surface area contributed by atoms with E-state index in [2.05, 4.69) is 23.3 Å². The number of rotatable bonds is 7. The van der Waals surface area contributed by atoms with Crippen LogP contribution in [-0.4, -0.2) is 35.6 Å². The number of primary amides is 1. The summed E-state index contributed by atoms with van der Waals surface area (Å²) >= 11 is 3.96. The van der Waals surface area contributed by atoms with Gasteiger partial charge in [0.05, 0.1) is 0 Å². The van der Waals surface area contributed by atoms with Gasteiger partial charge in [0.2, 0.25) is 17.7 Å². The van der Waals surface area contributed by atoms with E-state index in [1.54, 1.807) is 0 Å². The zero-order valence-corrected chi connectivity index (χ0v) is 12.6. The lowest BCUT2D eigenvalue weighted by atomic mass is 10.0. The molecule has 0 radical (unpaired) electrons. The lowest BCUT2D eigenvalue weighted by molar-refractivity contribution is -0.130. The van der Waals surface area contributed by atoms with Crippen LogP contribution in [0.2, 0.25) is 0 Å². The Balaban J connectivity index is 2.79. The van der Waals surface area contributed by atoms with E-state index in [1.807, 2.05) is 30.3 Å². The fourth-order valence-electron chi connectivity index (χ4n) is 1.78. The molecule has 0 unspecified atom stereocenters. The van der Waals surface area contributed by atoms with Crippen LogP contribution in [0.3, 0.4) is 0 Å². The zero-order chi connectivity index (χ0) is 15.8. The van der Waals surface area contributed by atoms with Gasteiger partial charge in [-0.2, -0.15) is 12.6 Å². The van der Waals surface area contributed by atoms with Crippen molar-refractivity contribution < 1.29 is 14.4 Å². The molecule has 1 aromatic carbocycles. The molecule has 1 rings (SSSR count). The van der Waals surface area contributed by atoms with Gasteiger partial charge in [0.1, 0.15) is 12.1 Å². The number of carbonyl (C=O) groups is 3. The number of benzene rings is 1. The first kappa shape index (κ1) is 17.0. The van der Waals surface area contributed by atoms with Gasteiger partial charge in [0, 0.05) is 19.1 Å². The van der Waals surface area contributed by atoms with E-state index in [4.69, 9.17) is 5.73 Å². The summed E-state index contributed by atoms with van der Waals surface area (Å²) in [5.74, 6) is -1.36. The van der Waals surface area contributed by atoms with Gasteiger partial charge in [-0.1, -0.05) is 30.3 Å². The van der Waals surface area contributed by atoms with Crippen molar-refractivity contribution in [2.24, 2.45) is 5.73 Å². The van der Waals surface area contributed by atoms with E-state index >= 15 is 0 Å². The fourth-order valence-corrected chi connectivity index (χ4v) is 2.05. The minimum absolute atomic E-state index is 0.0964. The number of nitrogens with one attached hydrogen (secondary N) is 2. The highest BCUT2D eigenvalue weighted by Crippen LogP contribution is 2.04. The molecule has 2 atom stereocenters. The molecular formula is C14H19N3O3S. The summed E-state index contributed by atoms with van der Waals surface area (Å²) in [6.45, 7) is 1.33. The molecule has 7 heteroatoms. The van der Waals surface area contributed by atoms with Crippen LogP contribution in [0.25, 0.3) is 0 Å². The van der Waals surface area contributed by atoms with E-state index in [9.17, 15) is 14.4 Å². The summed E-state index contributed by atoms with van der Waals surface area (Å²) < 4.78 is 0. The average Bonchev–Trinajstić information content (AvgIpc) is 2.44. The molecule has 4 N–H and O–H groups in total. The van der Waals surface area contributed by atoms with Gasteiger partial charge in [0.25, 0.3) is 0 Å². The Hall–Kier alpha value is -2.02. The summed E-state index contributed by atoms with van der Waals surface area (Å²) in [6, 6.07) is 7.62. The van der Waals surface area contributed by atoms with Crippen molar-refractivity contribution in [3.8, 4) is 0 Å². The number of nitrogens with two attached hydrogens (primary N) is 1. The Morgan fingerprint density at radius 2 is 1.76 bits per heavy atom. The number of amides is 3. The van der Waals surface area contributed by atoms with Gasteiger partial charge >= 0.3 is 0 Å². The normalized spacial score (nSPS) is 13.0. The van der Waals surface area contributed by atoms with Crippen LogP contribution in [0.1, 0.15) is 12.5 Å². The SMILES string of the molecule is CC(=O)N[C@@H](Cc1ccccc1)C(=O)N[C@@H](CS)C(N)=O. The fraction of sp³-hybridized carbons (Fsp3) is 0.357. The van der Waals surface area contributed by atoms with Crippen molar-refractivity contribution in [1.29, 1.82) is 0 Å². The van der Waals surface area contributed by atoms with Gasteiger partial charge in [0.15, 0.2) is 0 Å². The molecule has 0 aliphatic carbocycles. The van der Waals surface area contributed by atoms with Crippen LogP contribution in [0, 0.1) is 0 Å². The minimum atomic E-state index is -0.868. The Kier molecular flexibility index (Phi) is 6.74. The largest absolute Gasteiger partial charge is 0.368 e. The molecule has 0 aromatic heterocycles. The lowest BCUT2D eigenvalue weighted by Crippen LogP contribution is -2.54. The molecule has 0 fully saturated rings. The third-order valence-electron chi connectivity index (χ3n) is 2.82. The summed E-state index contributed by atoms with van der Waals surface area (Å²) in [4.78, 5) is 34.6. The molecule has 0 aliphatic heterocycles. The number of thiol groups is 1. The molecule has 21 heavy (non-hydrogen) atoms. The zero-order valence-electron chi connectivity index (χ0n) is 11.7. The van der Waals surface area contributed by atoms with Crippen molar-refractivity contribution in [2.75, 3.05) is 5.75 Å². The number of hydrogen-bond donors (Lipinski definition) is 4. The standard InChI is InChI=1S/C14H19N3O3S/c1-9(18)16-11(7-10-5-3-2-4-6-10)14(20)17-12(8-21)13(15)19/h2-6,11-12,21H,7-8H2,1H3,(H2,15,19)(H,16,18)(H,17,20)/t11-,12-/m0/s1. The van der Waals surface area contributed by atoms with Crippen LogP contribution >= 0.6 is 12.6 Å². The van der Waals surface area contributed by atoms with Gasteiger partial charge in [-0.3, -0.25) is 14.4 Å². The quantitative estimate of drug-likeness (QED) is 0.517. The van der Waals surface area contributed by atoms with E-state index in [-0.39, 0.29) is 11.7 Å². The monoisotopic (exact) mass is 309 g/mol. The minimum Gasteiger partial charge on any atom is -0.368 e. The highest BCUT2D eigenvalue weighted by molar-refractivity contribution is 7.80. The van der Waals surface area contributed by atoms with Crippen LogP contribution in [0.5, 0.6) is 0 Å². The van der Waals surface area contributed by atoms with E-state index in [0.717, 1.165) is 5.56 Å². The summed E-state index contributed by atoms with van der Waals surface area (Å²) in [5, 5.41) is 5.06. The molecule has 0 spiro atoms. The third kappa shape index (κ3) is 5.86. The predicted molar refractivity (Wildman–Crippen MR) is 82.7 cm³/mol. The smallest absolute Gasteiger partial charge is 0.243 e. The van der Waals surface area contributed by atoms with Crippen molar-refractivity contribution in [2.45, 2.75) is 25.4 Å². The first-order valence-corrected chi connectivity index (χ1v) is 7.09. The van der Waals surface area contributed by atoms with E-state index in [1.165, 1.54) is 6.92 Å². The number of carbonyl (C=O) groups excluding carboxylic acids is 3. The molecule has 0 aliphatic rings. The first-order chi connectivity index (χ1) is 9.93. The molecule has 0 saturated heterocycles. The summed E-state index contributed by atoms with van der Waals surface area (Å²) in [6.07, 6.45) is 0.324. The van der Waals surface area contributed by atoms with E-state index < -0.39 is 23.9 Å². The summed E-state index contributed by atoms with van der Waals surface area (Å²) in [7, 11) is 0. The Bertz CT molecular complexity index is 507. The average molecular weight is 309 g/mol. The Morgan fingerprint density at radius 3 is 2.24 bits per heavy atom. The molecule has 0 bridgehead atoms. The second kappa shape index (κ2) is 8.31. The maximum Gasteiger partial charge on any atom is 0.243 e. The van der Waals surface area contributed by atoms with Gasteiger partial charge < -0.3 is 16.4 Å². The van der Waals surface area contributed by atoms with Gasteiger partial charge in [-0.15, -0.1) is 0 Å². The highest BCUT2D eigenvalue weighted by Gasteiger charge is 2.24. The molecule has 0 heterocycles. The topological polar surface area (TPSA) is 101 Å². The van der Waals surface area contributed by atoms with Crippen molar-refractivity contribution in [3.63, 3.8) is 0 Å². The summed E-state index contributed by atoms with van der Waals surface area (Å²) in [5.41, 5.74) is 6.06. The maximum absolute atomic E-state index is 12.2. The predicted octanol–water partition coefficient (Wildman–Crippen LogP) is -0.366. The van der Waals surface area contributed by atoms with Crippen LogP contribution in [-0.2, 0) is 20.8 Å². The Morgan fingerprint density at radius 1 is 1.14 bits per heavy atom. The second-order valence-electron chi connectivity index (χ2n) is 4.59. The lowest BCUT2D eigenvalue weighted by Gasteiger charge is -2.20. The first-order valence-electron chi connectivity index (χ1n) is 6.45. The molecule has 6 nitrogen and oxygen atoms in total. The molecule has 114 valence electrons. The highest BCUT2D eigenvalue weighted by atomic mass is 32.1. The Labute approximate surface area is 128 Å². The van der Waals surface area contributed by atoms with Crippen molar-refractivity contribution >= 4 is 30.4 Å². The van der Waals surface area contributed by atoms with Crippen LogP contribution < -0.4 is 16.4 Å². The maximum atomic E-state index is 12.2. The van der Waals surface area contributed by atoms with Gasteiger partial charge in [-0.25, -0.2) is 0 Å². The molecule has 1 aromatic rings. The second-order valence-corrected chi connectivity index (χ2v) is 4.95. The van der Waals surface area contributed by atoms with Crippen molar-refractivity contribution in [3.05, 3.63) is 35.9 Å². The number of hydrogen-bond acceptors (Lipinski definition) is 4. The molecule has 3 amide bonds. The molecule has 0 saturated carbocycles. The van der Waals surface area contributed by atoms with Crippen LogP contribution in [0.4, 0.5) is 0 Å². The van der Waals surface area contributed by atoms with E-state index in [0.29, 0.717) is 6.42 Å².